The lowest BCUT2D eigenvalue weighted by Crippen LogP contribution is -2.42. The minimum absolute atomic E-state index is 0.684. The Morgan fingerprint density at radius 1 is 1.44 bits per heavy atom. The van der Waals surface area contributed by atoms with Crippen molar-refractivity contribution in [2.24, 2.45) is 5.92 Å². The zero-order valence-corrected chi connectivity index (χ0v) is 11.6. The molecular weight excluding hydrogens is 222 g/mol. The first-order chi connectivity index (χ1) is 8.75. The van der Waals surface area contributed by atoms with Gasteiger partial charge in [-0.15, -0.1) is 0 Å². The highest BCUT2D eigenvalue weighted by atomic mass is 15.2. The van der Waals surface area contributed by atoms with E-state index in [1.165, 1.54) is 25.9 Å². The standard InChI is InChI=1S/C15H25N3/c1-13(2)18-9-5-6-14(12-18)10-16-11-15-7-3-4-8-17-15/h3-4,7-8,13-14,16H,5-6,9-12H2,1-2H3/t14-/m1/s1. The SMILES string of the molecule is CC(C)N1CCC[C@H](CNCc2ccccn2)C1. The zero-order chi connectivity index (χ0) is 12.8. The van der Waals surface area contributed by atoms with Crippen LogP contribution in [0, 0.1) is 5.92 Å². The number of rotatable bonds is 5. The average molecular weight is 247 g/mol. The van der Waals surface area contributed by atoms with Crippen molar-refractivity contribution in [2.45, 2.75) is 39.3 Å². The number of likely N-dealkylation sites (tertiary alicyclic amines) is 1. The third-order valence-electron chi connectivity index (χ3n) is 3.75. The molecule has 0 unspecified atom stereocenters. The van der Waals surface area contributed by atoms with E-state index >= 15 is 0 Å². The Kier molecular flexibility index (Phi) is 5.14. The van der Waals surface area contributed by atoms with Gasteiger partial charge in [-0.25, -0.2) is 0 Å². The molecule has 3 heteroatoms. The second kappa shape index (κ2) is 6.86. The van der Waals surface area contributed by atoms with E-state index in [0.717, 1.165) is 24.7 Å². The van der Waals surface area contributed by atoms with E-state index in [1.54, 1.807) is 0 Å². The summed E-state index contributed by atoms with van der Waals surface area (Å²) in [6.45, 7) is 9.10. The van der Waals surface area contributed by atoms with Gasteiger partial charge >= 0.3 is 0 Å². The minimum Gasteiger partial charge on any atom is -0.311 e. The van der Waals surface area contributed by atoms with Gasteiger partial charge in [0.25, 0.3) is 0 Å². The fourth-order valence-corrected chi connectivity index (χ4v) is 2.64. The Balaban J connectivity index is 1.70. The van der Waals surface area contributed by atoms with Crippen molar-refractivity contribution in [3.05, 3.63) is 30.1 Å². The summed E-state index contributed by atoms with van der Waals surface area (Å²) in [6, 6.07) is 6.77. The molecular formula is C15H25N3. The van der Waals surface area contributed by atoms with E-state index in [4.69, 9.17) is 0 Å². The predicted molar refractivity (Wildman–Crippen MR) is 75.4 cm³/mol. The molecule has 100 valence electrons. The summed E-state index contributed by atoms with van der Waals surface area (Å²) in [5.74, 6) is 0.796. The van der Waals surface area contributed by atoms with Crippen LogP contribution in [0.15, 0.2) is 24.4 Å². The Morgan fingerprint density at radius 2 is 2.33 bits per heavy atom. The summed E-state index contributed by atoms with van der Waals surface area (Å²) in [5, 5.41) is 3.54. The van der Waals surface area contributed by atoms with Crippen molar-refractivity contribution in [3.63, 3.8) is 0 Å². The van der Waals surface area contributed by atoms with Gasteiger partial charge in [-0.2, -0.15) is 0 Å². The second-order valence-electron chi connectivity index (χ2n) is 5.55. The van der Waals surface area contributed by atoms with Gasteiger partial charge in [0.2, 0.25) is 0 Å². The van der Waals surface area contributed by atoms with Crippen LogP contribution in [0.25, 0.3) is 0 Å². The van der Waals surface area contributed by atoms with Crippen molar-refractivity contribution < 1.29 is 0 Å². The summed E-state index contributed by atoms with van der Waals surface area (Å²) in [7, 11) is 0. The molecule has 2 heterocycles. The van der Waals surface area contributed by atoms with Crippen LogP contribution in [0.5, 0.6) is 0 Å². The maximum Gasteiger partial charge on any atom is 0.0541 e. The van der Waals surface area contributed by atoms with E-state index < -0.39 is 0 Å². The molecule has 1 aromatic heterocycles. The topological polar surface area (TPSA) is 28.2 Å². The second-order valence-corrected chi connectivity index (χ2v) is 5.55. The van der Waals surface area contributed by atoms with Crippen LogP contribution in [-0.2, 0) is 6.54 Å². The summed E-state index contributed by atoms with van der Waals surface area (Å²) >= 11 is 0. The molecule has 1 aliphatic heterocycles. The molecule has 0 spiro atoms. The van der Waals surface area contributed by atoms with Gasteiger partial charge in [0, 0.05) is 25.3 Å². The van der Waals surface area contributed by atoms with Gasteiger partial charge in [-0.3, -0.25) is 4.98 Å². The number of piperidine rings is 1. The van der Waals surface area contributed by atoms with Crippen LogP contribution in [0.2, 0.25) is 0 Å². The number of hydrogen-bond acceptors (Lipinski definition) is 3. The van der Waals surface area contributed by atoms with Gasteiger partial charge in [-0.05, 0) is 57.8 Å². The van der Waals surface area contributed by atoms with Crippen LogP contribution < -0.4 is 5.32 Å². The molecule has 1 aliphatic rings. The molecule has 1 N–H and O–H groups in total. The van der Waals surface area contributed by atoms with Crippen LogP contribution in [-0.4, -0.2) is 35.6 Å². The van der Waals surface area contributed by atoms with E-state index in [9.17, 15) is 0 Å². The molecule has 1 fully saturated rings. The number of hydrogen-bond donors (Lipinski definition) is 1. The van der Waals surface area contributed by atoms with Gasteiger partial charge in [-0.1, -0.05) is 6.07 Å². The molecule has 18 heavy (non-hydrogen) atoms. The van der Waals surface area contributed by atoms with Gasteiger partial charge in [0.1, 0.15) is 0 Å². The highest BCUT2D eigenvalue weighted by molar-refractivity contribution is 5.02. The maximum atomic E-state index is 4.33. The molecule has 1 atom stereocenters. The molecule has 2 rings (SSSR count). The zero-order valence-electron chi connectivity index (χ0n) is 11.6. The highest BCUT2D eigenvalue weighted by Crippen LogP contribution is 2.17. The highest BCUT2D eigenvalue weighted by Gasteiger charge is 2.20. The molecule has 1 saturated heterocycles. The number of nitrogens with one attached hydrogen (secondary N) is 1. The Hall–Kier alpha value is -0.930. The smallest absolute Gasteiger partial charge is 0.0541 e. The predicted octanol–water partition coefficient (Wildman–Crippen LogP) is 2.29. The van der Waals surface area contributed by atoms with Crippen molar-refractivity contribution in [2.75, 3.05) is 19.6 Å². The molecule has 0 saturated carbocycles. The van der Waals surface area contributed by atoms with E-state index in [0.29, 0.717) is 6.04 Å². The summed E-state index contributed by atoms with van der Waals surface area (Å²) in [4.78, 5) is 6.93. The third kappa shape index (κ3) is 4.07. The van der Waals surface area contributed by atoms with Crippen molar-refractivity contribution in [3.8, 4) is 0 Å². The average Bonchev–Trinajstić information content (AvgIpc) is 2.40. The lowest BCUT2D eigenvalue weighted by atomic mass is 9.97. The molecule has 0 aliphatic carbocycles. The fraction of sp³-hybridized carbons (Fsp3) is 0.667. The fourth-order valence-electron chi connectivity index (χ4n) is 2.64. The first-order valence-corrected chi connectivity index (χ1v) is 7.10. The number of aromatic nitrogens is 1. The van der Waals surface area contributed by atoms with E-state index in [-0.39, 0.29) is 0 Å². The minimum atomic E-state index is 0.684. The molecule has 1 aromatic rings. The molecule has 0 aromatic carbocycles. The van der Waals surface area contributed by atoms with Gasteiger partial charge in [0.05, 0.1) is 5.69 Å². The summed E-state index contributed by atoms with van der Waals surface area (Å²) in [6.07, 6.45) is 4.56. The third-order valence-corrected chi connectivity index (χ3v) is 3.75. The molecule has 3 nitrogen and oxygen atoms in total. The van der Waals surface area contributed by atoms with Crippen LogP contribution in [0.3, 0.4) is 0 Å². The summed E-state index contributed by atoms with van der Waals surface area (Å²) < 4.78 is 0. The molecule has 0 bridgehead atoms. The van der Waals surface area contributed by atoms with E-state index in [1.807, 2.05) is 18.3 Å². The monoisotopic (exact) mass is 247 g/mol. The normalized spacial score (nSPS) is 21.4. The number of nitrogens with zero attached hydrogens (tertiary/aromatic N) is 2. The Bertz CT molecular complexity index is 337. The molecule has 0 amide bonds. The first-order valence-electron chi connectivity index (χ1n) is 7.10. The first kappa shape index (κ1) is 13.5. The van der Waals surface area contributed by atoms with Crippen molar-refractivity contribution in [1.82, 2.24) is 15.2 Å². The van der Waals surface area contributed by atoms with Crippen LogP contribution in [0.4, 0.5) is 0 Å². The lowest BCUT2D eigenvalue weighted by Gasteiger charge is -2.35. The largest absolute Gasteiger partial charge is 0.311 e. The van der Waals surface area contributed by atoms with Crippen molar-refractivity contribution >= 4 is 0 Å². The lowest BCUT2D eigenvalue weighted by molar-refractivity contribution is 0.138. The molecule has 0 radical (unpaired) electrons. The van der Waals surface area contributed by atoms with Crippen LogP contribution in [0.1, 0.15) is 32.4 Å². The summed E-state index contributed by atoms with van der Waals surface area (Å²) in [5.41, 5.74) is 1.13. The quantitative estimate of drug-likeness (QED) is 0.865. The van der Waals surface area contributed by atoms with Gasteiger partial charge < -0.3 is 10.2 Å². The van der Waals surface area contributed by atoms with E-state index in [2.05, 4.69) is 35.1 Å². The van der Waals surface area contributed by atoms with Crippen LogP contribution >= 0.6 is 0 Å². The van der Waals surface area contributed by atoms with Gasteiger partial charge in [0.15, 0.2) is 0 Å². The Labute approximate surface area is 111 Å². The Morgan fingerprint density at radius 3 is 3.06 bits per heavy atom. The van der Waals surface area contributed by atoms with Crippen molar-refractivity contribution in [1.29, 1.82) is 0 Å². The maximum absolute atomic E-state index is 4.33. The number of pyridine rings is 1.